The molecule has 0 aliphatic carbocycles. The van der Waals surface area contributed by atoms with Gasteiger partial charge in [-0.1, -0.05) is 166 Å². The van der Waals surface area contributed by atoms with Crippen LogP contribution in [0.2, 0.25) is 0 Å². The zero-order chi connectivity index (χ0) is 26.9. The lowest BCUT2D eigenvalue weighted by atomic mass is 10.0. The molecule has 0 bridgehead atoms. The van der Waals surface area contributed by atoms with Crippen LogP contribution in [0.1, 0.15) is 187 Å². The molecule has 0 aliphatic heterocycles. The molecule has 0 fully saturated rings. The van der Waals surface area contributed by atoms with Crippen LogP contribution in [0.3, 0.4) is 0 Å². The van der Waals surface area contributed by atoms with E-state index in [4.69, 9.17) is 6.42 Å². The molecule has 0 aromatic carbocycles. The van der Waals surface area contributed by atoms with Gasteiger partial charge in [0.05, 0.1) is 0 Å². The highest BCUT2D eigenvalue weighted by molar-refractivity contribution is 4.92. The third-order valence-corrected chi connectivity index (χ3v) is 7.60. The first kappa shape index (κ1) is 36.0. The molecule has 37 heavy (non-hydrogen) atoms. The number of aliphatic hydroxyl groups excluding tert-OH is 1. The number of terminal acetylenes is 1. The Morgan fingerprint density at radius 3 is 1.11 bits per heavy atom. The number of rotatable bonds is 30. The summed E-state index contributed by atoms with van der Waals surface area (Å²) in [7, 11) is 0. The van der Waals surface area contributed by atoms with Crippen molar-refractivity contribution in [1.82, 2.24) is 0 Å². The molecule has 0 aromatic heterocycles. The zero-order valence-corrected chi connectivity index (χ0v) is 25.2. The molecule has 0 rings (SSSR count). The van der Waals surface area contributed by atoms with E-state index in [0.29, 0.717) is 0 Å². The Bertz CT molecular complexity index is 511. The summed E-state index contributed by atoms with van der Waals surface area (Å²) in [6.07, 6.45) is 51.8. The van der Waals surface area contributed by atoms with Crippen molar-refractivity contribution in [2.24, 2.45) is 0 Å². The van der Waals surface area contributed by atoms with Gasteiger partial charge in [-0.05, 0) is 51.4 Å². The van der Waals surface area contributed by atoms with E-state index >= 15 is 0 Å². The summed E-state index contributed by atoms with van der Waals surface area (Å²) in [5.41, 5.74) is 0. The molecular formula is C36H66O. The lowest BCUT2D eigenvalue weighted by Gasteiger charge is -2.03. The standard InChI is InChI=1S/C36H66O/c1-3-5-6-7-8-9-10-11-12-13-14-15-16-17-18-19-20-21-22-23-24-25-26-27-28-29-30-31-32-33-34-35-36(37)4-2/h2,19-20,23-24,36-37H,3,5-18,21-22,25-35H2,1H3/b20-19-,24-23-/t36-/m0/s1. The van der Waals surface area contributed by atoms with E-state index in [1.165, 1.54) is 167 Å². The van der Waals surface area contributed by atoms with Crippen LogP contribution in [0, 0.1) is 12.3 Å². The first-order valence-corrected chi connectivity index (χ1v) is 16.8. The van der Waals surface area contributed by atoms with Gasteiger partial charge in [0, 0.05) is 0 Å². The maximum Gasteiger partial charge on any atom is 0.114 e. The van der Waals surface area contributed by atoms with E-state index in [0.717, 1.165) is 12.8 Å². The number of hydrogen-bond acceptors (Lipinski definition) is 1. The summed E-state index contributed by atoms with van der Waals surface area (Å²) in [4.78, 5) is 0. The van der Waals surface area contributed by atoms with Gasteiger partial charge >= 0.3 is 0 Å². The Balaban J connectivity index is 3.17. The molecule has 0 aromatic rings. The van der Waals surface area contributed by atoms with Crippen molar-refractivity contribution >= 4 is 0 Å². The Kier molecular flexibility index (Phi) is 32.1. The Labute approximate surface area is 234 Å². The fourth-order valence-corrected chi connectivity index (χ4v) is 5.04. The third-order valence-electron chi connectivity index (χ3n) is 7.60. The van der Waals surface area contributed by atoms with E-state index < -0.39 is 6.10 Å². The third kappa shape index (κ3) is 33.0. The van der Waals surface area contributed by atoms with Crippen molar-refractivity contribution in [3.63, 3.8) is 0 Å². The highest BCUT2D eigenvalue weighted by atomic mass is 16.3. The average molecular weight is 515 g/mol. The van der Waals surface area contributed by atoms with Gasteiger partial charge in [-0.2, -0.15) is 0 Å². The van der Waals surface area contributed by atoms with E-state index in [2.05, 4.69) is 37.1 Å². The molecule has 0 aliphatic rings. The molecule has 1 nitrogen and oxygen atoms in total. The first-order chi connectivity index (χ1) is 18.3. The van der Waals surface area contributed by atoms with Crippen molar-refractivity contribution in [3.8, 4) is 12.3 Å². The quantitative estimate of drug-likeness (QED) is 0.0574. The Hall–Kier alpha value is -1.00. The van der Waals surface area contributed by atoms with Gasteiger partial charge in [-0.3, -0.25) is 0 Å². The van der Waals surface area contributed by atoms with Crippen LogP contribution in [-0.2, 0) is 0 Å². The van der Waals surface area contributed by atoms with Crippen molar-refractivity contribution in [2.75, 3.05) is 0 Å². The van der Waals surface area contributed by atoms with Gasteiger partial charge in [0.1, 0.15) is 6.10 Å². The molecule has 1 heteroatoms. The number of unbranched alkanes of at least 4 members (excludes halogenated alkanes) is 24. The molecular weight excluding hydrogens is 448 g/mol. The second kappa shape index (κ2) is 33.0. The van der Waals surface area contributed by atoms with Crippen molar-refractivity contribution < 1.29 is 5.11 Å². The van der Waals surface area contributed by atoms with Crippen LogP contribution in [0.4, 0.5) is 0 Å². The van der Waals surface area contributed by atoms with E-state index in [9.17, 15) is 5.11 Å². The number of allylic oxidation sites excluding steroid dienone is 4. The molecule has 1 atom stereocenters. The van der Waals surface area contributed by atoms with E-state index in [1.54, 1.807) is 0 Å². The Morgan fingerprint density at radius 1 is 0.459 bits per heavy atom. The van der Waals surface area contributed by atoms with Crippen molar-refractivity contribution in [2.45, 2.75) is 193 Å². The topological polar surface area (TPSA) is 20.2 Å². The van der Waals surface area contributed by atoms with E-state index in [-0.39, 0.29) is 0 Å². The van der Waals surface area contributed by atoms with Gasteiger partial charge < -0.3 is 5.11 Å². The second-order valence-electron chi connectivity index (χ2n) is 11.3. The molecule has 0 saturated heterocycles. The lowest BCUT2D eigenvalue weighted by molar-refractivity contribution is 0.217. The zero-order valence-electron chi connectivity index (χ0n) is 25.2. The van der Waals surface area contributed by atoms with Crippen LogP contribution in [0.5, 0.6) is 0 Å². The fourth-order valence-electron chi connectivity index (χ4n) is 5.04. The second-order valence-corrected chi connectivity index (χ2v) is 11.3. The monoisotopic (exact) mass is 515 g/mol. The minimum atomic E-state index is -0.533. The fraction of sp³-hybridized carbons (Fsp3) is 0.833. The first-order valence-electron chi connectivity index (χ1n) is 16.8. The molecule has 0 radical (unpaired) electrons. The number of hydrogen-bond donors (Lipinski definition) is 1. The normalized spacial score (nSPS) is 12.6. The predicted molar refractivity (Wildman–Crippen MR) is 168 cm³/mol. The maximum absolute atomic E-state index is 9.32. The largest absolute Gasteiger partial charge is 0.380 e. The van der Waals surface area contributed by atoms with Crippen molar-refractivity contribution in [3.05, 3.63) is 24.3 Å². The SMILES string of the molecule is C#C[C@H](O)CCCCCCCCCCC/C=C\CC/C=C\CCCCCCCCCCCCCCCC. The summed E-state index contributed by atoms with van der Waals surface area (Å²) >= 11 is 0. The van der Waals surface area contributed by atoms with E-state index in [1.807, 2.05) is 0 Å². The summed E-state index contributed by atoms with van der Waals surface area (Å²) in [5, 5.41) is 9.32. The van der Waals surface area contributed by atoms with Gasteiger partial charge in [0.2, 0.25) is 0 Å². The van der Waals surface area contributed by atoms with Crippen LogP contribution < -0.4 is 0 Å². The minimum absolute atomic E-state index is 0.533. The molecule has 0 spiro atoms. The van der Waals surface area contributed by atoms with Gasteiger partial charge in [0.15, 0.2) is 0 Å². The molecule has 0 heterocycles. The molecule has 0 saturated carbocycles. The smallest absolute Gasteiger partial charge is 0.114 e. The molecule has 1 N–H and O–H groups in total. The van der Waals surface area contributed by atoms with Gasteiger partial charge in [-0.15, -0.1) is 6.42 Å². The summed E-state index contributed by atoms with van der Waals surface area (Å²) in [6, 6.07) is 0. The predicted octanol–water partition coefficient (Wildman–Crippen LogP) is 12.0. The van der Waals surface area contributed by atoms with Gasteiger partial charge in [-0.25, -0.2) is 0 Å². The molecule has 216 valence electrons. The van der Waals surface area contributed by atoms with Crippen LogP contribution in [0.15, 0.2) is 24.3 Å². The van der Waals surface area contributed by atoms with Crippen LogP contribution in [-0.4, -0.2) is 11.2 Å². The van der Waals surface area contributed by atoms with Crippen LogP contribution in [0.25, 0.3) is 0 Å². The Morgan fingerprint density at radius 2 is 0.757 bits per heavy atom. The highest BCUT2D eigenvalue weighted by Gasteiger charge is 1.98. The minimum Gasteiger partial charge on any atom is -0.380 e. The maximum atomic E-state index is 9.32. The molecule has 0 amide bonds. The highest BCUT2D eigenvalue weighted by Crippen LogP contribution is 2.14. The number of aliphatic hydroxyl groups is 1. The summed E-state index contributed by atoms with van der Waals surface area (Å²) < 4.78 is 0. The van der Waals surface area contributed by atoms with Gasteiger partial charge in [0.25, 0.3) is 0 Å². The summed E-state index contributed by atoms with van der Waals surface area (Å²) in [6.45, 7) is 2.30. The van der Waals surface area contributed by atoms with Crippen molar-refractivity contribution in [1.29, 1.82) is 0 Å². The summed E-state index contributed by atoms with van der Waals surface area (Å²) in [5.74, 6) is 2.39. The molecule has 0 unspecified atom stereocenters. The lowest BCUT2D eigenvalue weighted by Crippen LogP contribution is -2.01. The average Bonchev–Trinajstić information content (AvgIpc) is 2.91. The van der Waals surface area contributed by atoms with Crippen LogP contribution >= 0.6 is 0 Å².